The third kappa shape index (κ3) is 4.08. The SMILES string of the molecule is O=C(O)CCC(c1ccccc1)N(Cl)Cl. The van der Waals surface area contributed by atoms with Crippen molar-refractivity contribution in [2.45, 2.75) is 18.9 Å². The van der Waals surface area contributed by atoms with Crippen LogP contribution in [0.25, 0.3) is 0 Å². The number of benzene rings is 1. The molecule has 5 heteroatoms. The number of carboxylic acid groups (broad SMARTS) is 1. The zero-order chi connectivity index (χ0) is 11.3. The van der Waals surface area contributed by atoms with E-state index in [2.05, 4.69) is 0 Å². The van der Waals surface area contributed by atoms with Crippen LogP contribution in [0.2, 0.25) is 0 Å². The monoisotopic (exact) mass is 247 g/mol. The number of halogens is 2. The fraction of sp³-hybridized carbons (Fsp3) is 0.300. The van der Waals surface area contributed by atoms with Gasteiger partial charge in [-0.15, -0.1) is 3.94 Å². The fourth-order valence-electron chi connectivity index (χ4n) is 1.31. The molecule has 0 aliphatic carbocycles. The molecule has 0 fully saturated rings. The molecular weight excluding hydrogens is 237 g/mol. The van der Waals surface area contributed by atoms with Gasteiger partial charge in [0.1, 0.15) is 0 Å². The highest BCUT2D eigenvalue weighted by atomic mass is 35.5. The molecule has 1 aromatic carbocycles. The second-order valence-corrected chi connectivity index (χ2v) is 4.02. The highest BCUT2D eigenvalue weighted by Crippen LogP contribution is 2.28. The van der Waals surface area contributed by atoms with Crippen LogP contribution >= 0.6 is 23.6 Å². The van der Waals surface area contributed by atoms with Gasteiger partial charge in [-0.05, 0) is 35.5 Å². The van der Waals surface area contributed by atoms with E-state index in [0.29, 0.717) is 6.42 Å². The Bertz CT molecular complexity index is 316. The van der Waals surface area contributed by atoms with Gasteiger partial charge in [-0.3, -0.25) is 4.79 Å². The Morgan fingerprint density at radius 2 is 1.93 bits per heavy atom. The summed E-state index contributed by atoms with van der Waals surface area (Å²) in [5.41, 5.74) is 0.906. The first kappa shape index (κ1) is 12.3. The molecular formula is C10H11Cl2NO2. The second kappa shape index (κ2) is 5.95. The number of aliphatic carboxylic acids is 1. The summed E-state index contributed by atoms with van der Waals surface area (Å²) >= 11 is 11.3. The van der Waals surface area contributed by atoms with E-state index < -0.39 is 5.97 Å². The van der Waals surface area contributed by atoms with E-state index in [4.69, 9.17) is 28.7 Å². The summed E-state index contributed by atoms with van der Waals surface area (Å²) in [5.74, 6) is -0.855. The van der Waals surface area contributed by atoms with Crippen LogP contribution in [-0.4, -0.2) is 15.0 Å². The van der Waals surface area contributed by atoms with Crippen LogP contribution in [0, 0.1) is 0 Å². The van der Waals surface area contributed by atoms with Gasteiger partial charge in [-0.2, -0.15) is 0 Å². The molecule has 0 bridgehead atoms. The Morgan fingerprint density at radius 3 is 2.40 bits per heavy atom. The molecule has 0 radical (unpaired) electrons. The predicted octanol–water partition coefficient (Wildman–Crippen LogP) is 3.20. The molecule has 1 aromatic rings. The van der Waals surface area contributed by atoms with E-state index in [1.54, 1.807) is 0 Å². The molecule has 0 amide bonds. The minimum atomic E-state index is -0.855. The number of hydrogen-bond donors (Lipinski definition) is 1. The molecule has 15 heavy (non-hydrogen) atoms. The van der Waals surface area contributed by atoms with Crippen molar-refractivity contribution in [3.8, 4) is 0 Å². The van der Waals surface area contributed by atoms with Crippen molar-refractivity contribution >= 4 is 29.5 Å². The quantitative estimate of drug-likeness (QED) is 0.813. The standard InChI is InChI=1S/C10H11Cl2NO2/c11-13(12)9(6-7-10(14)15)8-4-2-1-3-5-8/h1-5,9H,6-7H2,(H,14,15). The normalized spacial score (nSPS) is 12.7. The first-order valence-electron chi connectivity index (χ1n) is 4.49. The van der Waals surface area contributed by atoms with Crippen molar-refractivity contribution < 1.29 is 9.90 Å². The summed E-state index contributed by atoms with van der Waals surface area (Å²) in [4.78, 5) is 10.5. The average molecular weight is 248 g/mol. The van der Waals surface area contributed by atoms with Crippen molar-refractivity contribution in [2.75, 3.05) is 0 Å². The van der Waals surface area contributed by atoms with Crippen LogP contribution in [0.15, 0.2) is 30.3 Å². The van der Waals surface area contributed by atoms with E-state index in [1.165, 1.54) is 0 Å². The summed E-state index contributed by atoms with van der Waals surface area (Å²) in [6.07, 6.45) is 0.418. The van der Waals surface area contributed by atoms with Crippen LogP contribution < -0.4 is 0 Å². The summed E-state index contributed by atoms with van der Waals surface area (Å²) in [5, 5.41) is 8.59. The van der Waals surface area contributed by atoms with Gasteiger partial charge in [-0.25, -0.2) is 0 Å². The maximum absolute atomic E-state index is 10.5. The Hall–Kier alpha value is -0.770. The van der Waals surface area contributed by atoms with Crippen molar-refractivity contribution in [1.82, 2.24) is 3.94 Å². The van der Waals surface area contributed by atoms with Crippen LogP contribution in [-0.2, 0) is 4.79 Å². The molecule has 1 N–H and O–H groups in total. The number of rotatable bonds is 5. The maximum atomic E-state index is 10.5. The largest absolute Gasteiger partial charge is 0.481 e. The lowest BCUT2D eigenvalue weighted by atomic mass is 10.0. The van der Waals surface area contributed by atoms with Crippen LogP contribution in [0.5, 0.6) is 0 Å². The lowest BCUT2D eigenvalue weighted by Crippen LogP contribution is -2.12. The Kier molecular flexibility index (Phi) is 4.88. The molecule has 1 rings (SSSR count). The van der Waals surface area contributed by atoms with Gasteiger partial charge >= 0.3 is 5.97 Å². The summed E-state index contributed by atoms with van der Waals surface area (Å²) in [7, 11) is 0. The molecule has 0 aliphatic rings. The smallest absolute Gasteiger partial charge is 0.303 e. The van der Waals surface area contributed by atoms with Gasteiger partial charge in [0, 0.05) is 6.42 Å². The van der Waals surface area contributed by atoms with E-state index in [9.17, 15) is 4.79 Å². The van der Waals surface area contributed by atoms with Crippen molar-refractivity contribution in [1.29, 1.82) is 0 Å². The molecule has 1 atom stereocenters. The van der Waals surface area contributed by atoms with Crippen LogP contribution in [0.3, 0.4) is 0 Å². The highest BCUT2D eigenvalue weighted by molar-refractivity contribution is 6.33. The van der Waals surface area contributed by atoms with Gasteiger partial charge in [0.25, 0.3) is 0 Å². The minimum absolute atomic E-state index is 0.0372. The lowest BCUT2D eigenvalue weighted by molar-refractivity contribution is -0.137. The molecule has 82 valence electrons. The Labute approximate surface area is 98.4 Å². The topological polar surface area (TPSA) is 40.5 Å². The number of carbonyl (C=O) groups is 1. The average Bonchev–Trinajstić information content (AvgIpc) is 2.18. The molecule has 0 heterocycles. The first-order valence-corrected chi connectivity index (χ1v) is 5.16. The molecule has 0 saturated carbocycles. The molecule has 3 nitrogen and oxygen atoms in total. The van der Waals surface area contributed by atoms with Gasteiger partial charge < -0.3 is 5.11 Å². The van der Waals surface area contributed by atoms with Gasteiger partial charge in [-0.1, -0.05) is 30.3 Å². The second-order valence-electron chi connectivity index (χ2n) is 3.12. The molecule has 1 unspecified atom stereocenters. The molecule has 0 aliphatic heterocycles. The van der Waals surface area contributed by atoms with Gasteiger partial charge in [0.2, 0.25) is 0 Å². The Balaban J connectivity index is 2.70. The van der Waals surface area contributed by atoms with Crippen LogP contribution in [0.4, 0.5) is 0 Å². The lowest BCUT2D eigenvalue weighted by Gasteiger charge is -2.18. The first-order chi connectivity index (χ1) is 7.11. The van der Waals surface area contributed by atoms with Crippen LogP contribution in [0.1, 0.15) is 24.4 Å². The van der Waals surface area contributed by atoms with Crippen molar-refractivity contribution in [3.05, 3.63) is 35.9 Å². The van der Waals surface area contributed by atoms with E-state index in [-0.39, 0.29) is 12.5 Å². The van der Waals surface area contributed by atoms with E-state index >= 15 is 0 Å². The third-order valence-corrected chi connectivity index (χ3v) is 2.52. The van der Waals surface area contributed by atoms with Gasteiger partial charge in [0.05, 0.1) is 6.04 Å². The number of carboxylic acids is 1. The molecule has 0 spiro atoms. The summed E-state index contributed by atoms with van der Waals surface area (Å²) < 4.78 is 0.998. The number of hydrogen-bond acceptors (Lipinski definition) is 2. The van der Waals surface area contributed by atoms with Crippen molar-refractivity contribution in [2.24, 2.45) is 0 Å². The summed E-state index contributed by atoms with van der Waals surface area (Å²) in [6, 6.07) is 9.05. The zero-order valence-electron chi connectivity index (χ0n) is 7.94. The molecule has 0 saturated heterocycles. The maximum Gasteiger partial charge on any atom is 0.303 e. The highest BCUT2D eigenvalue weighted by Gasteiger charge is 2.18. The van der Waals surface area contributed by atoms with Crippen molar-refractivity contribution in [3.63, 3.8) is 0 Å². The third-order valence-electron chi connectivity index (χ3n) is 2.05. The summed E-state index contributed by atoms with van der Waals surface area (Å²) in [6.45, 7) is 0. The van der Waals surface area contributed by atoms with E-state index in [1.807, 2.05) is 30.3 Å². The Morgan fingerprint density at radius 1 is 1.33 bits per heavy atom. The zero-order valence-corrected chi connectivity index (χ0v) is 9.45. The fourth-order valence-corrected chi connectivity index (χ4v) is 1.73. The van der Waals surface area contributed by atoms with Gasteiger partial charge in [0.15, 0.2) is 0 Å². The predicted molar refractivity (Wildman–Crippen MR) is 59.6 cm³/mol. The molecule has 0 aromatic heterocycles. The minimum Gasteiger partial charge on any atom is -0.481 e. The number of nitrogens with zero attached hydrogens (tertiary/aromatic N) is 1. The van der Waals surface area contributed by atoms with E-state index in [0.717, 1.165) is 9.50 Å².